The molecule has 2 unspecified atom stereocenters. The largest absolute Gasteiger partial charge is 0.497 e. The van der Waals surface area contributed by atoms with Crippen LogP contribution in [-0.4, -0.2) is 26.8 Å². The Bertz CT molecular complexity index is 433. The van der Waals surface area contributed by atoms with E-state index in [0.29, 0.717) is 12.0 Å². The van der Waals surface area contributed by atoms with Crippen LogP contribution in [0.15, 0.2) is 18.2 Å². The molecule has 0 aliphatic heterocycles. The molecule has 0 amide bonds. The van der Waals surface area contributed by atoms with Crippen molar-refractivity contribution >= 4 is 0 Å². The van der Waals surface area contributed by atoms with E-state index in [-0.39, 0.29) is 0 Å². The second-order valence-corrected chi connectivity index (χ2v) is 5.98. The third-order valence-electron chi connectivity index (χ3n) is 4.49. The van der Waals surface area contributed by atoms with Crippen LogP contribution < -0.4 is 14.8 Å². The van der Waals surface area contributed by atoms with Crippen molar-refractivity contribution in [2.24, 2.45) is 0 Å². The van der Waals surface area contributed by atoms with Crippen LogP contribution in [0.3, 0.4) is 0 Å². The number of benzene rings is 1. The van der Waals surface area contributed by atoms with Crippen LogP contribution in [0.4, 0.5) is 0 Å². The molecule has 0 radical (unpaired) electrons. The zero-order valence-electron chi connectivity index (χ0n) is 13.7. The molecule has 0 saturated heterocycles. The van der Waals surface area contributed by atoms with E-state index in [4.69, 9.17) is 9.47 Å². The van der Waals surface area contributed by atoms with Crippen LogP contribution in [0.5, 0.6) is 11.5 Å². The van der Waals surface area contributed by atoms with Gasteiger partial charge in [0.05, 0.1) is 14.2 Å². The van der Waals surface area contributed by atoms with Crippen LogP contribution in [0.1, 0.15) is 56.9 Å². The molecule has 0 bridgehead atoms. The molecule has 3 heteroatoms. The molecule has 2 atom stereocenters. The molecule has 1 fully saturated rings. The minimum absolute atomic E-state index is 0.586. The van der Waals surface area contributed by atoms with Crippen molar-refractivity contribution in [3.05, 3.63) is 23.8 Å². The van der Waals surface area contributed by atoms with Crippen molar-refractivity contribution in [2.45, 2.75) is 57.4 Å². The van der Waals surface area contributed by atoms with Gasteiger partial charge in [0, 0.05) is 12.1 Å². The lowest BCUT2D eigenvalue weighted by atomic mass is 9.89. The number of hydrogen-bond donors (Lipinski definition) is 1. The van der Waals surface area contributed by atoms with Gasteiger partial charge in [0.25, 0.3) is 0 Å². The number of rotatable bonds is 6. The van der Waals surface area contributed by atoms with E-state index in [1.54, 1.807) is 14.2 Å². The lowest BCUT2D eigenvalue weighted by Gasteiger charge is -2.23. The van der Waals surface area contributed by atoms with Crippen molar-refractivity contribution < 1.29 is 9.47 Å². The molecule has 1 aliphatic rings. The number of nitrogens with one attached hydrogen (secondary N) is 1. The van der Waals surface area contributed by atoms with Gasteiger partial charge in [-0.15, -0.1) is 0 Å². The van der Waals surface area contributed by atoms with Gasteiger partial charge in [0.15, 0.2) is 0 Å². The lowest BCUT2D eigenvalue weighted by molar-refractivity contribution is 0.381. The highest BCUT2D eigenvalue weighted by Crippen LogP contribution is 2.38. The first kappa shape index (κ1) is 16.2. The fraction of sp³-hybridized carbons (Fsp3) is 0.667. The summed E-state index contributed by atoms with van der Waals surface area (Å²) in [5, 5.41) is 3.71. The molecule has 1 aliphatic carbocycles. The Hall–Kier alpha value is -1.22. The van der Waals surface area contributed by atoms with Gasteiger partial charge in [-0.3, -0.25) is 0 Å². The Kier molecular flexibility index (Phi) is 6.37. The van der Waals surface area contributed by atoms with Crippen LogP contribution in [0, 0.1) is 0 Å². The minimum Gasteiger partial charge on any atom is -0.497 e. The molecular formula is C18H29NO2. The lowest BCUT2D eigenvalue weighted by Crippen LogP contribution is -2.30. The maximum Gasteiger partial charge on any atom is 0.126 e. The van der Waals surface area contributed by atoms with E-state index in [1.165, 1.54) is 44.1 Å². The van der Waals surface area contributed by atoms with Gasteiger partial charge in [-0.2, -0.15) is 0 Å². The molecule has 1 N–H and O–H groups in total. The van der Waals surface area contributed by atoms with Crippen LogP contribution in [0.2, 0.25) is 0 Å². The van der Waals surface area contributed by atoms with Gasteiger partial charge < -0.3 is 14.8 Å². The fourth-order valence-electron chi connectivity index (χ4n) is 3.33. The number of ether oxygens (including phenoxy) is 2. The summed E-state index contributed by atoms with van der Waals surface area (Å²) < 4.78 is 10.9. The third-order valence-corrected chi connectivity index (χ3v) is 4.49. The zero-order valence-corrected chi connectivity index (χ0v) is 13.7. The van der Waals surface area contributed by atoms with E-state index >= 15 is 0 Å². The molecule has 118 valence electrons. The van der Waals surface area contributed by atoms with Crippen molar-refractivity contribution in [3.8, 4) is 11.5 Å². The zero-order chi connectivity index (χ0) is 15.1. The molecule has 1 aromatic rings. The maximum atomic E-state index is 5.60. The van der Waals surface area contributed by atoms with Crippen molar-refractivity contribution in [2.75, 3.05) is 20.8 Å². The predicted octanol–water partition coefficient (Wildman–Crippen LogP) is 4.12. The summed E-state index contributed by atoms with van der Waals surface area (Å²) in [4.78, 5) is 0. The van der Waals surface area contributed by atoms with Crippen molar-refractivity contribution in [1.82, 2.24) is 5.32 Å². The minimum atomic E-state index is 0.586. The monoisotopic (exact) mass is 291 g/mol. The highest BCUT2D eigenvalue weighted by atomic mass is 16.5. The molecule has 2 rings (SSSR count). The van der Waals surface area contributed by atoms with Gasteiger partial charge in [0.2, 0.25) is 0 Å². The van der Waals surface area contributed by atoms with Crippen LogP contribution in [0.25, 0.3) is 0 Å². The van der Waals surface area contributed by atoms with Crippen molar-refractivity contribution in [1.29, 1.82) is 0 Å². The number of hydrogen-bond acceptors (Lipinski definition) is 3. The van der Waals surface area contributed by atoms with E-state index in [2.05, 4.69) is 24.4 Å². The molecular weight excluding hydrogens is 262 g/mol. The average Bonchev–Trinajstić information content (AvgIpc) is 2.77. The highest BCUT2D eigenvalue weighted by Gasteiger charge is 2.23. The van der Waals surface area contributed by atoms with Crippen LogP contribution >= 0.6 is 0 Å². The Morgan fingerprint density at radius 2 is 1.95 bits per heavy atom. The van der Waals surface area contributed by atoms with Gasteiger partial charge in [0.1, 0.15) is 11.5 Å². The highest BCUT2D eigenvalue weighted by molar-refractivity contribution is 5.42. The second-order valence-electron chi connectivity index (χ2n) is 5.98. The Balaban J connectivity index is 2.14. The predicted molar refractivity (Wildman–Crippen MR) is 87.5 cm³/mol. The normalized spacial score (nSPS) is 22.6. The van der Waals surface area contributed by atoms with E-state index in [0.717, 1.165) is 18.0 Å². The smallest absolute Gasteiger partial charge is 0.126 e. The fourth-order valence-corrected chi connectivity index (χ4v) is 3.33. The van der Waals surface area contributed by atoms with Gasteiger partial charge in [-0.1, -0.05) is 25.8 Å². The number of methoxy groups -OCH3 is 2. The first-order valence-corrected chi connectivity index (χ1v) is 8.23. The van der Waals surface area contributed by atoms with E-state index in [1.807, 2.05) is 6.07 Å². The molecule has 21 heavy (non-hydrogen) atoms. The quantitative estimate of drug-likeness (QED) is 0.800. The maximum absolute atomic E-state index is 5.60. The summed E-state index contributed by atoms with van der Waals surface area (Å²) in [6, 6.07) is 6.89. The van der Waals surface area contributed by atoms with E-state index < -0.39 is 0 Å². The van der Waals surface area contributed by atoms with Crippen molar-refractivity contribution in [3.63, 3.8) is 0 Å². The molecule has 0 heterocycles. The second kappa shape index (κ2) is 8.28. The first-order valence-electron chi connectivity index (χ1n) is 8.23. The van der Waals surface area contributed by atoms with Crippen LogP contribution in [-0.2, 0) is 0 Å². The third kappa shape index (κ3) is 4.37. The first-order chi connectivity index (χ1) is 10.3. The Morgan fingerprint density at radius 1 is 1.14 bits per heavy atom. The van der Waals surface area contributed by atoms with Gasteiger partial charge in [-0.05, 0) is 49.8 Å². The Labute approximate surface area is 129 Å². The molecule has 0 aromatic heterocycles. The standard InChI is InChI=1S/C18H29NO2/c1-4-11-19-15-8-6-5-7-14(12-15)17-10-9-16(20-2)13-18(17)21-3/h9-10,13-15,19H,4-8,11-12H2,1-3H3. The molecule has 3 nitrogen and oxygen atoms in total. The van der Waals surface area contributed by atoms with E-state index in [9.17, 15) is 0 Å². The molecule has 1 saturated carbocycles. The average molecular weight is 291 g/mol. The molecule has 1 aromatic carbocycles. The summed E-state index contributed by atoms with van der Waals surface area (Å²) in [6.07, 6.45) is 7.61. The summed E-state index contributed by atoms with van der Waals surface area (Å²) >= 11 is 0. The topological polar surface area (TPSA) is 30.5 Å². The summed E-state index contributed by atoms with van der Waals surface area (Å²) in [5.74, 6) is 2.42. The summed E-state index contributed by atoms with van der Waals surface area (Å²) in [6.45, 7) is 3.35. The molecule has 0 spiro atoms. The SMILES string of the molecule is CCCNC1CCCCC(c2ccc(OC)cc2OC)C1. The Morgan fingerprint density at radius 3 is 2.67 bits per heavy atom. The van der Waals surface area contributed by atoms with Gasteiger partial charge >= 0.3 is 0 Å². The summed E-state index contributed by atoms with van der Waals surface area (Å²) in [7, 11) is 3.45. The van der Waals surface area contributed by atoms with Gasteiger partial charge in [-0.25, -0.2) is 0 Å². The summed E-state index contributed by atoms with van der Waals surface area (Å²) in [5.41, 5.74) is 1.34.